The van der Waals surface area contributed by atoms with Crippen LogP contribution < -0.4 is 10.1 Å². The lowest BCUT2D eigenvalue weighted by atomic mass is 10.0. The molecule has 1 aliphatic heterocycles. The highest BCUT2D eigenvalue weighted by molar-refractivity contribution is 5.37. The second-order valence-corrected chi connectivity index (χ2v) is 5.41. The summed E-state index contributed by atoms with van der Waals surface area (Å²) in [6.07, 6.45) is 0.792. The van der Waals surface area contributed by atoms with Crippen LogP contribution in [-0.4, -0.2) is 26.3 Å². The van der Waals surface area contributed by atoms with Crippen LogP contribution in [0.4, 0.5) is 4.39 Å². The third-order valence-corrected chi connectivity index (χ3v) is 3.40. The summed E-state index contributed by atoms with van der Waals surface area (Å²) >= 11 is 0. The second-order valence-electron chi connectivity index (χ2n) is 5.41. The quantitative estimate of drug-likeness (QED) is 0.910. The predicted octanol–water partition coefficient (Wildman–Crippen LogP) is 2.91. The zero-order valence-corrected chi connectivity index (χ0v) is 11.8. The third-order valence-electron chi connectivity index (χ3n) is 3.40. The molecule has 0 amide bonds. The summed E-state index contributed by atoms with van der Waals surface area (Å²) < 4.78 is 25.0. The van der Waals surface area contributed by atoms with Gasteiger partial charge in [-0.05, 0) is 24.5 Å². The Morgan fingerprint density at radius 1 is 1.47 bits per heavy atom. The van der Waals surface area contributed by atoms with Crippen molar-refractivity contribution >= 4 is 0 Å². The molecule has 4 heteroatoms. The molecule has 1 heterocycles. The normalized spacial score (nSPS) is 23.6. The van der Waals surface area contributed by atoms with Crippen molar-refractivity contribution in [1.82, 2.24) is 5.32 Å². The van der Waals surface area contributed by atoms with E-state index in [0.717, 1.165) is 6.42 Å². The summed E-state index contributed by atoms with van der Waals surface area (Å²) in [6.45, 7) is 5.61. The highest BCUT2D eigenvalue weighted by atomic mass is 19.1. The minimum Gasteiger partial charge on any atom is -0.496 e. The Kier molecular flexibility index (Phi) is 4.77. The molecule has 1 aromatic rings. The highest BCUT2D eigenvalue weighted by Crippen LogP contribution is 2.31. The molecule has 1 fully saturated rings. The predicted molar refractivity (Wildman–Crippen MR) is 72.9 cm³/mol. The third kappa shape index (κ3) is 3.45. The Morgan fingerprint density at radius 2 is 2.26 bits per heavy atom. The number of nitrogens with one attached hydrogen (secondary N) is 1. The fraction of sp³-hybridized carbons (Fsp3) is 0.600. The number of halogens is 1. The summed E-state index contributed by atoms with van der Waals surface area (Å²) in [5, 5.41) is 3.43. The molecule has 19 heavy (non-hydrogen) atoms. The molecule has 106 valence electrons. The molecule has 1 aromatic carbocycles. The molecule has 2 rings (SSSR count). The SMILES string of the molecule is COc1cccc(F)c1C1CNC(CC(C)C)CO1. The lowest BCUT2D eigenvalue weighted by molar-refractivity contribution is -0.00431. The number of rotatable bonds is 4. The summed E-state index contributed by atoms with van der Waals surface area (Å²) in [4.78, 5) is 0. The first-order valence-electron chi connectivity index (χ1n) is 6.79. The molecule has 0 aliphatic carbocycles. The van der Waals surface area contributed by atoms with Crippen LogP contribution in [0.3, 0.4) is 0 Å². The van der Waals surface area contributed by atoms with E-state index in [0.29, 0.717) is 36.4 Å². The fourth-order valence-electron chi connectivity index (χ4n) is 2.54. The van der Waals surface area contributed by atoms with E-state index in [9.17, 15) is 4.39 Å². The van der Waals surface area contributed by atoms with Gasteiger partial charge in [-0.1, -0.05) is 19.9 Å². The Balaban J connectivity index is 2.05. The van der Waals surface area contributed by atoms with Crippen molar-refractivity contribution in [1.29, 1.82) is 0 Å². The van der Waals surface area contributed by atoms with Gasteiger partial charge in [-0.15, -0.1) is 0 Å². The van der Waals surface area contributed by atoms with Gasteiger partial charge in [0.15, 0.2) is 0 Å². The molecule has 0 radical (unpaired) electrons. The maximum absolute atomic E-state index is 13.9. The van der Waals surface area contributed by atoms with Gasteiger partial charge in [0.1, 0.15) is 17.7 Å². The van der Waals surface area contributed by atoms with Gasteiger partial charge in [-0.2, -0.15) is 0 Å². The van der Waals surface area contributed by atoms with Gasteiger partial charge in [-0.25, -0.2) is 4.39 Å². The van der Waals surface area contributed by atoms with Crippen molar-refractivity contribution in [2.24, 2.45) is 5.92 Å². The number of morpholine rings is 1. The smallest absolute Gasteiger partial charge is 0.132 e. The summed E-state index contributed by atoms with van der Waals surface area (Å²) in [5.74, 6) is 0.906. The minimum absolute atomic E-state index is 0.270. The lowest BCUT2D eigenvalue weighted by Crippen LogP contribution is -2.43. The van der Waals surface area contributed by atoms with E-state index in [1.54, 1.807) is 19.2 Å². The average molecular weight is 267 g/mol. The molecule has 0 spiro atoms. The van der Waals surface area contributed by atoms with E-state index in [1.165, 1.54) is 6.07 Å². The zero-order valence-electron chi connectivity index (χ0n) is 11.8. The van der Waals surface area contributed by atoms with Crippen LogP contribution in [0.2, 0.25) is 0 Å². The first-order valence-corrected chi connectivity index (χ1v) is 6.79. The maximum atomic E-state index is 13.9. The molecular weight excluding hydrogens is 245 g/mol. The van der Waals surface area contributed by atoms with Crippen LogP contribution in [0.15, 0.2) is 18.2 Å². The average Bonchev–Trinajstić information content (AvgIpc) is 2.39. The Bertz CT molecular complexity index is 415. The van der Waals surface area contributed by atoms with E-state index in [4.69, 9.17) is 9.47 Å². The van der Waals surface area contributed by atoms with Crippen molar-refractivity contribution in [2.75, 3.05) is 20.3 Å². The van der Waals surface area contributed by atoms with Crippen molar-refractivity contribution in [3.63, 3.8) is 0 Å². The standard InChI is InChI=1S/C15H22FNO2/c1-10(2)7-11-9-19-14(8-17-11)15-12(16)5-4-6-13(15)18-3/h4-6,10-11,14,17H,7-9H2,1-3H3. The number of benzene rings is 1. The summed E-state index contributed by atoms with van der Waals surface area (Å²) in [6, 6.07) is 5.22. The van der Waals surface area contributed by atoms with Crippen LogP contribution in [0.1, 0.15) is 31.9 Å². The number of ether oxygens (including phenoxy) is 2. The molecular formula is C15H22FNO2. The molecule has 2 unspecified atom stereocenters. The number of hydrogen-bond donors (Lipinski definition) is 1. The van der Waals surface area contributed by atoms with Gasteiger partial charge in [-0.3, -0.25) is 0 Å². The van der Waals surface area contributed by atoms with Gasteiger partial charge >= 0.3 is 0 Å². The van der Waals surface area contributed by atoms with Crippen LogP contribution in [0.5, 0.6) is 5.75 Å². The minimum atomic E-state index is -0.278. The second kappa shape index (κ2) is 6.35. The molecule has 3 nitrogen and oxygen atoms in total. The van der Waals surface area contributed by atoms with E-state index >= 15 is 0 Å². The van der Waals surface area contributed by atoms with Crippen molar-refractivity contribution < 1.29 is 13.9 Å². The maximum Gasteiger partial charge on any atom is 0.132 e. The Morgan fingerprint density at radius 3 is 2.84 bits per heavy atom. The van der Waals surface area contributed by atoms with Gasteiger partial charge in [0, 0.05) is 12.6 Å². The van der Waals surface area contributed by atoms with Gasteiger partial charge in [0.05, 0.1) is 19.3 Å². The first-order chi connectivity index (χ1) is 9.11. The van der Waals surface area contributed by atoms with Crippen molar-refractivity contribution in [3.8, 4) is 5.75 Å². The van der Waals surface area contributed by atoms with Crippen LogP contribution in [0, 0.1) is 11.7 Å². The van der Waals surface area contributed by atoms with E-state index in [2.05, 4.69) is 19.2 Å². The van der Waals surface area contributed by atoms with E-state index in [-0.39, 0.29) is 11.9 Å². The van der Waals surface area contributed by atoms with Crippen LogP contribution in [-0.2, 0) is 4.74 Å². The van der Waals surface area contributed by atoms with Crippen LogP contribution >= 0.6 is 0 Å². The molecule has 1 N–H and O–H groups in total. The monoisotopic (exact) mass is 267 g/mol. The molecule has 0 saturated carbocycles. The largest absolute Gasteiger partial charge is 0.496 e. The van der Waals surface area contributed by atoms with Gasteiger partial charge in [0.2, 0.25) is 0 Å². The lowest BCUT2D eigenvalue weighted by Gasteiger charge is -2.32. The first kappa shape index (κ1) is 14.3. The molecule has 1 aliphatic rings. The van der Waals surface area contributed by atoms with Gasteiger partial charge in [0.25, 0.3) is 0 Å². The number of hydrogen-bond acceptors (Lipinski definition) is 3. The molecule has 2 atom stereocenters. The summed E-state index contributed by atoms with van der Waals surface area (Å²) in [7, 11) is 1.55. The van der Waals surface area contributed by atoms with Crippen molar-refractivity contribution in [3.05, 3.63) is 29.6 Å². The Labute approximate surface area is 114 Å². The molecule has 1 saturated heterocycles. The molecule has 0 aromatic heterocycles. The van der Waals surface area contributed by atoms with Crippen LogP contribution in [0.25, 0.3) is 0 Å². The highest BCUT2D eigenvalue weighted by Gasteiger charge is 2.27. The fourth-order valence-corrected chi connectivity index (χ4v) is 2.54. The van der Waals surface area contributed by atoms with Gasteiger partial charge < -0.3 is 14.8 Å². The Hall–Kier alpha value is -1.13. The zero-order chi connectivity index (χ0) is 13.8. The van der Waals surface area contributed by atoms with E-state index in [1.807, 2.05) is 0 Å². The topological polar surface area (TPSA) is 30.5 Å². The molecule has 0 bridgehead atoms. The van der Waals surface area contributed by atoms with E-state index < -0.39 is 0 Å². The number of methoxy groups -OCH3 is 1. The summed E-state index contributed by atoms with van der Waals surface area (Å²) in [5.41, 5.74) is 0.514. The van der Waals surface area contributed by atoms with Crippen molar-refractivity contribution in [2.45, 2.75) is 32.4 Å².